The summed E-state index contributed by atoms with van der Waals surface area (Å²) in [5, 5.41) is 3.89. The predicted octanol–water partition coefficient (Wildman–Crippen LogP) is 4.16. The van der Waals surface area contributed by atoms with E-state index in [0.717, 1.165) is 22.9 Å². The lowest BCUT2D eigenvalue weighted by molar-refractivity contribution is 0.103. The van der Waals surface area contributed by atoms with E-state index in [1.54, 1.807) is 6.07 Å². The molecule has 0 bridgehead atoms. The van der Waals surface area contributed by atoms with Gasteiger partial charge in [0.15, 0.2) is 11.5 Å². The number of anilines is 1. The molecule has 1 aliphatic heterocycles. The second-order valence-corrected chi connectivity index (χ2v) is 7.85. The van der Waals surface area contributed by atoms with Gasteiger partial charge in [0, 0.05) is 23.6 Å². The fourth-order valence-electron chi connectivity index (χ4n) is 2.36. The molecule has 0 fully saturated rings. The molecule has 0 atom stereocenters. The van der Waals surface area contributed by atoms with Crippen molar-refractivity contribution in [2.24, 2.45) is 0 Å². The SMILES string of the molecule is Cc1nc(C(C)(C)C)sc1C(=O)Nc1ccc2c(c1)OCCCO2. The van der Waals surface area contributed by atoms with Gasteiger partial charge < -0.3 is 14.8 Å². The molecule has 1 aromatic carbocycles. The van der Waals surface area contributed by atoms with Gasteiger partial charge in [0.2, 0.25) is 0 Å². The van der Waals surface area contributed by atoms with Crippen molar-refractivity contribution in [2.75, 3.05) is 18.5 Å². The van der Waals surface area contributed by atoms with Crippen molar-refractivity contribution in [3.05, 3.63) is 33.8 Å². The maximum Gasteiger partial charge on any atom is 0.267 e. The molecule has 3 rings (SSSR count). The number of benzene rings is 1. The summed E-state index contributed by atoms with van der Waals surface area (Å²) in [6.45, 7) is 9.42. The van der Waals surface area contributed by atoms with Crippen LogP contribution < -0.4 is 14.8 Å². The maximum absolute atomic E-state index is 12.6. The van der Waals surface area contributed by atoms with Crippen LogP contribution in [-0.4, -0.2) is 24.1 Å². The Labute approximate surface area is 146 Å². The molecule has 0 saturated heterocycles. The fourth-order valence-corrected chi connectivity index (χ4v) is 3.38. The summed E-state index contributed by atoms with van der Waals surface area (Å²) < 4.78 is 11.3. The zero-order valence-electron chi connectivity index (χ0n) is 14.4. The van der Waals surface area contributed by atoms with Crippen molar-refractivity contribution in [1.29, 1.82) is 0 Å². The number of hydrogen-bond donors (Lipinski definition) is 1. The number of aryl methyl sites for hydroxylation is 1. The van der Waals surface area contributed by atoms with E-state index in [9.17, 15) is 4.79 Å². The van der Waals surface area contributed by atoms with Gasteiger partial charge in [0.05, 0.1) is 23.9 Å². The zero-order valence-corrected chi connectivity index (χ0v) is 15.3. The van der Waals surface area contributed by atoms with Crippen LogP contribution in [-0.2, 0) is 5.41 Å². The minimum absolute atomic E-state index is 0.0663. The topological polar surface area (TPSA) is 60.5 Å². The molecule has 0 radical (unpaired) electrons. The smallest absolute Gasteiger partial charge is 0.267 e. The second-order valence-electron chi connectivity index (χ2n) is 6.85. The standard InChI is InChI=1S/C18H22N2O3S/c1-11-15(24-17(19-11)18(2,3)4)16(21)20-12-6-7-13-14(10-12)23-9-5-8-22-13/h6-7,10H,5,8-9H2,1-4H3,(H,20,21). The molecule has 2 heterocycles. The van der Waals surface area contributed by atoms with E-state index in [1.807, 2.05) is 19.1 Å². The first-order valence-corrected chi connectivity index (χ1v) is 8.85. The van der Waals surface area contributed by atoms with Crippen LogP contribution in [0.5, 0.6) is 11.5 Å². The van der Waals surface area contributed by atoms with Gasteiger partial charge in [-0.15, -0.1) is 11.3 Å². The molecular weight excluding hydrogens is 324 g/mol. The van der Waals surface area contributed by atoms with Crippen LogP contribution in [0.4, 0.5) is 5.69 Å². The number of ether oxygens (including phenoxy) is 2. The molecule has 128 valence electrons. The number of nitrogens with zero attached hydrogens (tertiary/aromatic N) is 1. The number of carbonyl (C=O) groups is 1. The molecule has 1 amide bonds. The molecule has 2 aromatic rings. The van der Waals surface area contributed by atoms with Crippen molar-refractivity contribution < 1.29 is 14.3 Å². The van der Waals surface area contributed by atoms with Crippen LogP contribution in [0.2, 0.25) is 0 Å². The van der Waals surface area contributed by atoms with Crippen LogP contribution in [0.3, 0.4) is 0 Å². The highest BCUT2D eigenvalue weighted by Gasteiger charge is 2.23. The Morgan fingerprint density at radius 2 is 1.92 bits per heavy atom. The summed E-state index contributed by atoms with van der Waals surface area (Å²) in [6, 6.07) is 5.46. The first-order valence-electron chi connectivity index (χ1n) is 8.03. The summed E-state index contributed by atoms with van der Waals surface area (Å²) in [6.07, 6.45) is 0.853. The molecule has 24 heavy (non-hydrogen) atoms. The van der Waals surface area contributed by atoms with E-state index in [4.69, 9.17) is 9.47 Å². The third-order valence-corrected chi connectivity index (χ3v) is 5.23. The predicted molar refractivity (Wildman–Crippen MR) is 95.6 cm³/mol. The van der Waals surface area contributed by atoms with E-state index in [1.165, 1.54) is 11.3 Å². The molecule has 0 unspecified atom stereocenters. The first-order chi connectivity index (χ1) is 11.3. The molecular formula is C18H22N2O3S. The molecule has 0 spiro atoms. The number of amides is 1. The normalized spacial score (nSPS) is 14.2. The maximum atomic E-state index is 12.6. The van der Waals surface area contributed by atoms with E-state index in [0.29, 0.717) is 29.5 Å². The summed E-state index contributed by atoms with van der Waals surface area (Å²) in [5.41, 5.74) is 1.38. The number of aromatic nitrogens is 1. The average molecular weight is 346 g/mol. The van der Waals surface area contributed by atoms with Gasteiger partial charge in [-0.25, -0.2) is 4.98 Å². The van der Waals surface area contributed by atoms with E-state index >= 15 is 0 Å². The van der Waals surface area contributed by atoms with Gasteiger partial charge in [-0.3, -0.25) is 4.79 Å². The number of fused-ring (bicyclic) bond motifs is 1. The summed E-state index contributed by atoms with van der Waals surface area (Å²) in [7, 11) is 0. The van der Waals surface area contributed by atoms with Crippen LogP contribution in [0.25, 0.3) is 0 Å². The third kappa shape index (κ3) is 3.53. The van der Waals surface area contributed by atoms with Gasteiger partial charge in [-0.05, 0) is 19.1 Å². The van der Waals surface area contributed by atoms with Crippen molar-refractivity contribution in [1.82, 2.24) is 4.98 Å². The Balaban J connectivity index is 1.80. The highest BCUT2D eigenvalue weighted by atomic mass is 32.1. The van der Waals surface area contributed by atoms with E-state index < -0.39 is 0 Å². The van der Waals surface area contributed by atoms with Gasteiger partial charge in [0.25, 0.3) is 5.91 Å². The minimum Gasteiger partial charge on any atom is -0.490 e. The molecule has 0 saturated carbocycles. The number of hydrogen-bond acceptors (Lipinski definition) is 5. The molecule has 5 nitrogen and oxygen atoms in total. The van der Waals surface area contributed by atoms with E-state index in [2.05, 4.69) is 31.1 Å². The van der Waals surface area contributed by atoms with Crippen LogP contribution >= 0.6 is 11.3 Å². The van der Waals surface area contributed by atoms with Crippen molar-refractivity contribution in [3.63, 3.8) is 0 Å². The Bertz CT molecular complexity index is 762. The minimum atomic E-state index is -0.144. The average Bonchev–Trinajstić information content (AvgIpc) is 2.76. The second kappa shape index (κ2) is 6.43. The zero-order chi connectivity index (χ0) is 17.3. The fraction of sp³-hybridized carbons (Fsp3) is 0.444. The monoisotopic (exact) mass is 346 g/mol. The Hall–Kier alpha value is -2.08. The first kappa shape index (κ1) is 16.8. The lowest BCUT2D eigenvalue weighted by atomic mass is 9.98. The number of nitrogens with one attached hydrogen (secondary N) is 1. The van der Waals surface area contributed by atoms with Crippen molar-refractivity contribution >= 4 is 22.9 Å². The van der Waals surface area contributed by atoms with E-state index in [-0.39, 0.29) is 11.3 Å². The van der Waals surface area contributed by atoms with Gasteiger partial charge >= 0.3 is 0 Å². The highest BCUT2D eigenvalue weighted by Crippen LogP contribution is 2.33. The summed E-state index contributed by atoms with van der Waals surface area (Å²) >= 11 is 1.45. The van der Waals surface area contributed by atoms with Gasteiger partial charge in [0.1, 0.15) is 4.88 Å². The molecule has 0 aliphatic carbocycles. The lowest BCUT2D eigenvalue weighted by Gasteiger charge is -2.13. The van der Waals surface area contributed by atoms with Crippen LogP contribution in [0, 0.1) is 6.92 Å². The summed E-state index contributed by atoms with van der Waals surface area (Å²) in [5.74, 6) is 1.24. The van der Waals surface area contributed by atoms with Crippen molar-refractivity contribution in [2.45, 2.75) is 39.5 Å². The lowest BCUT2D eigenvalue weighted by Crippen LogP contribution is -2.11. The number of rotatable bonds is 2. The van der Waals surface area contributed by atoms with Crippen LogP contribution in [0.1, 0.15) is 47.6 Å². The molecule has 1 aromatic heterocycles. The Morgan fingerprint density at radius 1 is 1.21 bits per heavy atom. The largest absolute Gasteiger partial charge is 0.490 e. The Kier molecular flexibility index (Phi) is 4.49. The number of thiazole rings is 1. The number of carbonyl (C=O) groups excluding carboxylic acids is 1. The van der Waals surface area contributed by atoms with Crippen LogP contribution in [0.15, 0.2) is 18.2 Å². The van der Waals surface area contributed by atoms with Crippen molar-refractivity contribution in [3.8, 4) is 11.5 Å². The highest BCUT2D eigenvalue weighted by molar-refractivity contribution is 7.14. The third-order valence-electron chi connectivity index (χ3n) is 3.65. The molecule has 1 aliphatic rings. The quantitative estimate of drug-likeness (QED) is 0.887. The van der Waals surface area contributed by atoms with Gasteiger partial charge in [-0.2, -0.15) is 0 Å². The molecule has 1 N–H and O–H groups in total. The Morgan fingerprint density at radius 3 is 2.58 bits per heavy atom. The molecule has 6 heteroatoms. The van der Waals surface area contributed by atoms with Gasteiger partial charge in [-0.1, -0.05) is 20.8 Å². The summed E-state index contributed by atoms with van der Waals surface area (Å²) in [4.78, 5) is 17.8.